The van der Waals surface area contributed by atoms with Gasteiger partial charge in [-0.25, -0.2) is 9.97 Å². The Morgan fingerprint density at radius 2 is 1.75 bits per heavy atom. The van der Waals surface area contributed by atoms with Crippen LogP contribution < -0.4 is 10.2 Å². The zero-order chi connectivity index (χ0) is 20.1. The molecule has 2 aromatic carbocycles. The van der Waals surface area contributed by atoms with Crippen LogP contribution in [-0.4, -0.2) is 29.0 Å². The Morgan fingerprint density at radius 1 is 1.04 bits per heavy atom. The third-order valence-corrected chi connectivity index (χ3v) is 4.84. The number of carbonyl (C=O) groups excluding carboxylic acids is 1. The standard InChI is InChI=1S/C23H26N4O/c1-5-27(6-2)19-12-13-21(16(3)14-19)26-23(28)20-15-24-22(25-17(20)4)18-10-8-7-9-11-18/h7-15H,5-6H2,1-4H3,(H,26,28). The summed E-state index contributed by atoms with van der Waals surface area (Å²) in [7, 11) is 0. The Labute approximate surface area is 166 Å². The summed E-state index contributed by atoms with van der Waals surface area (Å²) in [6, 6.07) is 15.8. The molecule has 1 heterocycles. The van der Waals surface area contributed by atoms with E-state index in [0.717, 1.165) is 35.6 Å². The summed E-state index contributed by atoms with van der Waals surface area (Å²) in [5.74, 6) is 0.421. The summed E-state index contributed by atoms with van der Waals surface area (Å²) in [5.41, 5.74) is 5.05. The maximum Gasteiger partial charge on any atom is 0.259 e. The van der Waals surface area contributed by atoms with Crippen molar-refractivity contribution in [2.75, 3.05) is 23.3 Å². The van der Waals surface area contributed by atoms with Crippen LogP contribution in [0.5, 0.6) is 0 Å². The van der Waals surface area contributed by atoms with Gasteiger partial charge in [0.25, 0.3) is 5.91 Å². The maximum absolute atomic E-state index is 12.8. The summed E-state index contributed by atoms with van der Waals surface area (Å²) in [6.45, 7) is 10.0. The van der Waals surface area contributed by atoms with Crippen LogP contribution >= 0.6 is 0 Å². The number of nitrogens with zero attached hydrogens (tertiary/aromatic N) is 3. The number of carbonyl (C=O) groups is 1. The van der Waals surface area contributed by atoms with Gasteiger partial charge >= 0.3 is 0 Å². The van der Waals surface area contributed by atoms with Crippen molar-refractivity contribution >= 4 is 17.3 Å². The number of amides is 1. The molecule has 0 unspecified atom stereocenters. The summed E-state index contributed by atoms with van der Waals surface area (Å²) in [6.07, 6.45) is 1.60. The molecule has 0 aliphatic heterocycles. The van der Waals surface area contributed by atoms with E-state index in [-0.39, 0.29) is 5.91 Å². The Kier molecular flexibility index (Phi) is 6.04. The molecule has 3 aromatic rings. The van der Waals surface area contributed by atoms with E-state index in [1.54, 1.807) is 6.20 Å². The van der Waals surface area contributed by atoms with Crippen molar-refractivity contribution < 1.29 is 4.79 Å². The second-order valence-electron chi connectivity index (χ2n) is 6.68. The van der Waals surface area contributed by atoms with Crippen molar-refractivity contribution in [1.82, 2.24) is 9.97 Å². The molecule has 0 spiro atoms. The van der Waals surface area contributed by atoms with Crippen molar-refractivity contribution in [2.45, 2.75) is 27.7 Å². The first-order valence-corrected chi connectivity index (χ1v) is 9.59. The smallest absolute Gasteiger partial charge is 0.259 e. The average Bonchev–Trinajstić information content (AvgIpc) is 2.71. The van der Waals surface area contributed by atoms with Crippen molar-refractivity contribution in [1.29, 1.82) is 0 Å². The molecule has 0 bridgehead atoms. The van der Waals surface area contributed by atoms with Gasteiger partial charge in [0, 0.05) is 36.2 Å². The van der Waals surface area contributed by atoms with Crippen molar-refractivity contribution in [2.24, 2.45) is 0 Å². The van der Waals surface area contributed by atoms with E-state index in [1.807, 2.05) is 56.3 Å². The highest BCUT2D eigenvalue weighted by Gasteiger charge is 2.14. The zero-order valence-corrected chi connectivity index (χ0v) is 16.9. The Bertz CT molecular complexity index is 966. The van der Waals surface area contributed by atoms with Gasteiger partial charge in [0.05, 0.1) is 11.3 Å². The Hall–Kier alpha value is -3.21. The fourth-order valence-corrected chi connectivity index (χ4v) is 3.18. The number of anilines is 2. The quantitative estimate of drug-likeness (QED) is 0.669. The number of nitrogens with one attached hydrogen (secondary N) is 1. The molecule has 3 rings (SSSR count). The predicted octanol–water partition coefficient (Wildman–Crippen LogP) is 4.86. The molecular formula is C23H26N4O. The second kappa shape index (κ2) is 8.65. The Morgan fingerprint density at radius 3 is 2.36 bits per heavy atom. The van der Waals surface area contributed by atoms with E-state index in [1.165, 1.54) is 0 Å². The van der Waals surface area contributed by atoms with E-state index in [0.29, 0.717) is 17.1 Å². The number of rotatable bonds is 6. The highest BCUT2D eigenvalue weighted by atomic mass is 16.1. The highest BCUT2D eigenvalue weighted by Crippen LogP contribution is 2.24. The number of aryl methyl sites for hydroxylation is 2. The second-order valence-corrected chi connectivity index (χ2v) is 6.68. The normalized spacial score (nSPS) is 10.6. The van der Waals surface area contributed by atoms with Crippen LogP contribution in [0.2, 0.25) is 0 Å². The minimum Gasteiger partial charge on any atom is -0.372 e. The van der Waals surface area contributed by atoms with E-state index < -0.39 is 0 Å². The first kappa shape index (κ1) is 19.5. The first-order chi connectivity index (χ1) is 13.5. The van der Waals surface area contributed by atoms with E-state index in [9.17, 15) is 4.79 Å². The largest absolute Gasteiger partial charge is 0.372 e. The number of hydrogen-bond acceptors (Lipinski definition) is 4. The third kappa shape index (κ3) is 4.19. The van der Waals surface area contributed by atoms with Crippen LogP contribution in [0.15, 0.2) is 54.7 Å². The summed E-state index contributed by atoms with van der Waals surface area (Å²) >= 11 is 0. The molecule has 0 fully saturated rings. The lowest BCUT2D eigenvalue weighted by Gasteiger charge is -2.22. The highest BCUT2D eigenvalue weighted by molar-refractivity contribution is 6.05. The zero-order valence-electron chi connectivity index (χ0n) is 16.9. The van der Waals surface area contributed by atoms with Crippen molar-refractivity contribution in [3.05, 3.63) is 71.5 Å². The van der Waals surface area contributed by atoms with Crippen LogP contribution in [0.3, 0.4) is 0 Å². The number of hydrogen-bond donors (Lipinski definition) is 1. The predicted molar refractivity (Wildman–Crippen MR) is 115 cm³/mol. The van der Waals surface area contributed by atoms with Crippen LogP contribution in [-0.2, 0) is 0 Å². The molecule has 0 radical (unpaired) electrons. The topological polar surface area (TPSA) is 58.1 Å². The lowest BCUT2D eigenvalue weighted by atomic mass is 10.1. The minimum absolute atomic E-state index is 0.198. The lowest BCUT2D eigenvalue weighted by Crippen LogP contribution is -2.22. The van der Waals surface area contributed by atoms with Crippen molar-refractivity contribution in [3.8, 4) is 11.4 Å². The first-order valence-electron chi connectivity index (χ1n) is 9.59. The van der Waals surface area contributed by atoms with E-state index in [4.69, 9.17) is 0 Å². The fourth-order valence-electron chi connectivity index (χ4n) is 3.18. The molecule has 28 heavy (non-hydrogen) atoms. The van der Waals surface area contributed by atoms with Crippen LogP contribution in [0, 0.1) is 13.8 Å². The molecule has 1 aromatic heterocycles. The molecule has 0 saturated carbocycles. The fraction of sp³-hybridized carbons (Fsp3) is 0.261. The summed E-state index contributed by atoms with van der Waals surface area (Å²) < 4.78 is 0. The molecule has 1 amide bonds. The molecule has 0 atom stereocenters. The van der Waals surface area contributed by atoms with Crippen molar-refractivity contribution in [3.63, 3.8) is 0 Å². The van der Waals surface area contributed by atoms with E-state index >= 15 is 0 Å². The molecule has 5 nitrogen and oxygen atoms in total. The van der Waals surface area contributed by atoms with Gasteiger partial charge in [-0.05, 0) is 51.5 Å². The van der Waals surface area contributed by atoms with Gasteiger partial charge in [-0.3, -0.25) is 4.79 Å². The molecule has 5 heteroatoms. The summed E-state index contributed by atoms with van der Waals surface area (Å²) in [4.78, 5) is 23.9. The van der Waals surface area contributed by atoms with Crippen LogP contribution in [0.1, 0.15) is 35.5 Å². The monoisotopic (exact) mass is 374 g/mol. The molecule has 0 aliphatic carbocycles. The molecule has 0 aliphatic rings. The minimum atomic E-state index is -0.198. The maximum atomic E-state index is 12.8. The SMILES string of the molecule is CCN(CC)c1ccc(NC(=O)c2cnc(-c3ccccc3)nc2C)c(C)c1. The lowest BCUT2D eigenvalue weighted by molar-refractivity contribution is 0.102. The van der Waals surface area contributed by atoms with Gasteiger partial charge in [0.2, 0.25) is 0 Å². The van der Waals surface area contributed by atoms with Crippen LogP contribution in [0.4, 0.5) is 11.4 Å². The molecule has 144 valence electrons. The average molecular weight is 374 g/mol. The Balaban J connectivity index is 1.80. The van der Waals surface area contributed by atoms with Gasteiger partial charge in [-0.2, -0.15) is 0 Å². The van der Waals surface area contributed by atoms with Gasteiger partial charge in [0.1, 0.15) is 0 Å². The van der Waals surface area contributed by atoms with E-state index in [2.05, 4.69) is 40.1 Å². The summed E-state index contributed by atoms with van der Waals surface area (Å²) in [5, 5.41) is 2.99. The third-order valence-electron chi connectivity index (χ3n) is 4.84. The number of aromatic nitrogens is 2. The van der Waals surface area contributed by atoms with Gasteiger partial charge in [0.15, 0.2) is 5.82 Å². The van der Waals surface area contributed by atoms with Gasteiger partial charge in [-0.1, -0.05) is 30.3 Å². The van der Waals surface area contributed by atoms with Gasteiger partial charge in [-0.15, -0.1) is 0 Å². The van der Waals surface area contributed by atoms with Gasteiger partial charge < -0.3 is 10.2 Å². The molecule has 0 saturated heterocycles. The van der Waals surface area contributed by atoms with Crippen LogP contribution in [0.25, 0.3) is 11.4 Å². The molecular weight excluding hydrogens is 348 g/mol. The molecule has 1 N–H and O–H groups in total. The number of benzene rings is 2.